The highest BCUT2D eigenvalue weighted by atomic mass is 32.2. The highest BCUT2D eigenvalue weighted by Crippen LogP contribution is 2.45. The summed E-state index contributed by atoms with van der Waals surface area (Å²) in [6.45, 7) is 1.99. The van der Waals surface area contributed by atoms with Gasteiger partial charge in [-0.3, -0.25) is 4.79 Å². The molecule has 1 aliphatic rings. The molecular weight excluding hydrogens is 326 g/mol. The lowest BCUT2D eigenvalue weighted by atomic mass is 10.1. The second-order valence-electron chi connectivity index (χ2n) is 5.35. The number of ether oxygens (including phenoxy) is 1. The third-order valence-electron chi connectivity index (χ3n) is 3.67. The number of hydrogen-bond acceptors (Lipinski definition) is 4. The fourth-order valence-corrected chi connectivity index (χ4v) is 5.32. The summed E-state index contributed by atoms with van der Waals surface area (Å²) in [5, 5.41) is 2.93. The highest BCUT2D eigenvalue weighted by Gasteiger charge is 2.18. The van der Waals surface area contributed by atoms with Crippen LogP contribution in [0, 0.1) is 6.92 Å². The van der Waals surface area contributed by atoms with E-state index in [9.17, 15) is 4.79 Å². The second-order valence-corrected chi connectivity index (χ2v) is 8.08. The summed E-state index contributed by atoms with van der Waals surface area (Å²) in [6.07, 6.45) is 0. The van der Waals surface area contributed by atoms with Crippen LogP contribution in [0.4, 0.5) is 5.69 Å². The summed E-state index contributed by atoms with van der Waals surface area (Å²) >= 11 is 3.93. The van der Waals surface area contributed by atoms with E-state index in [4.69, 9.17) is 4.74 Å². The highest BCUT2D eigenvalue weighted by molar-refractivity contribution is 8.19. The molecule has 1 amide bonds. The monoisotopic (exact) mass is 345 g/mol. The molecule has 3 rings (SSSR count). The van der Waals surface area contributed by atoms with Crippen molar-refractivity contribution in [3.8, 4) is 5.75 Å². The first-order valence-electron chi connectivity index (χ1n) is 7.46. The first-order chi connectivity index (χ1) is 11.2. The zero-order valence-electron chi connectivity index (χ0n) is 13.2. The number of thioether (sulfide) groups is 2. The third kappa shape index (κ3) is 3.85. The van der Waals surface area contributed by atoms with E-state index in [2.05, 4.69) is 17.4 Å². The minimum atomic E-state index is -0.118. The predicted molar refractivity (Wildman–Crippen MR) is 99.8 cm³/mol. The Morgan fingerprint density at radius 1 is 1.13 bits per heavy atom. The number of benzene rings is 2. The largest absolute Gasteiger partial charge is 0.495 e. The van der Waals surface area contributed by atoms with Gasteiger partial charge in [0.1, 0.15) is 5.75 Å². The number of rotatable bonds is 4. The van der Waals surface area contributed by atoms with Crippen molar-refractivity contribution in [3.05, 3.63) is 59.2 Å². The Bertz CT molecular complexity index is 695. The van der Waals surface area contributed by atoms with Crippen LogP contribution in [0.25, 0.3) is 0 Å². The van der Waals surface area contributed by atoms with E-state index in [0.29, 0.717) is 21.6 Å². The third-order valence-corrected chi connectivity index (χ3v) is 6.77. The molecular formula is C18H19NO2S2. The van der Waals surface area contributed by atoms with Crippen molar-refractivity contribution in [1.29, 1.82) is 0 Å². The Labute approximate surface area is 145 Å². The molecule has 0 aromatic heterocycles. The summed E-state index contributed by atoms with van der Waals surface area (Å²) in [4.78, 5) is 12.4. The molecule has 0 radical (unpaired) electrons. The zero-order valence-corrected chi connectivity index (χ0v) is 14.8. The lowest BCUT2D eigenvalue weighted by Crippen LogP contribution is -2.12. The van der Waals surface area contributed by atoms with Gasteiger partial charge in [0.25, 0.3) is 5.91 Å². The molecule has 1 heterocycles. The van der Waals surface area contributed by atoms with Crippen LogP contribution in [0.15, 0.2) is 42.5 Å². The Hall–Kier alpha value is -1.59. The van der Waals surface area contributed by atoms with Crippen molar-refractivity contribution in [2.45, 2.75) is 11.5 Å². The number of amides is 1. The number of nitrogens with one attached hydrogen (secondary N) is 1. The number of hydrogen-bond donors (Lipinski definition) is 1. The van der Waals surface area contributed by atoms with Gasteiger partial charge in [-0.05, 0) is 42.3 Å². The van der Waals surface area contributed by atoms with Crippen molar-refractivity contribution in [3.63, 3.8) is 0 Å². The quantitative estimate of drug-likeness (QED) is 0.869. The van der Waals surface area contributed by atoms with Crippen LogP contribution in [0.1, 0.15) is 26.1 Å². The molecule has 5 heteroatoms. The summed E-state index contributed by atoms with van der Waals surface area (Å²) < 4.78 is 5.81. The Balaban J connectivity index is 1.74. The topological polar surface area (TPSA) is 38.3 Å². The van der Waals surface area contributed by atoms with Crippen molar-refractivity contribution >= 4 is 35.1 Å². The molecule has 3 nitrogen and oxygen atoms in total. The Kier molecular flexibility index (Phi) is 5.18. The first-order valence-corrected chi connectivity index (χ1v) is 9.56. The Morgan fingerprint density at radius 2 is 1.83 bits per heavy atom. The van der Waals surface area contributed by atoms with Crippen LogP contribution < -0.4 is 10.1 Å². The van der Waals surface area contributed by atoms with E-state index < -0.39 is 0 Å². The summed E-state index contributed by atoms with van der Waals surface area (Å²) in [6, 6.07) is 13.6. The fourth-order valence-electron chi connectivity index (χ4n) is 2.46. The molecule has 1 N–H and O–H groups in total. The van der Waals surface area contributed by atoms with E-state index in [0.717, 1.165) is 5.56 Å². The van der Waals surface area contributed by atoms with Gasteiger partial charge in [0.15, 0.2) is 0 Å². The molecule has 1 saturated heterocycles. The molecule has 23 heavy (non-hydrogen) atoms. The van der Waals surface area contributed by atoms with Crippen LogP contribution in [0.5, 0.6) is 5.75 Å². The molecule has 0 aliphatic carbocycles. The van der Waals surface area contributed by atoms with Crippen molar-refractivity contribution < 1.29 is 9.53 Å². The zero-order chi connectivity index (χ0) is 16.2. The summed E-state index contributed by atoms with van der Waals surface area (Å²) in [5.74, 6) is 2.95. The summed E-state index contributed by atoms with van der Waals surface area (Å²) in [5.41, 5.74) is 3.71. The van der Waals surface area contributed by atoms with Crippen LogP contribution in [0.3, 0.4) is 0 Å². The van der Waals surface area contributed by atoms with Crippen molar-refractivity contribution in [2.24, 2.45) is 0 Å². The van der Waals surface area contributed by atoms with E-state index in [-0.39, 0.29) is 5.91 Å². The van der Waals surface area contributed by atoms with Gasteiger partial charge >= 0.3 is 0 Å². The molecule has 2 aromatic carbocycles. The van der Waals surface area contributed by atoms with Gasteiger partial charge in [-0.15, -0.1) is 23.5 Å². The van der Waals surface area contributed by atoms with Gasteiger partial charge in [-0.2, -0.15) is 0 Å². The standard InChI is InChI=1S/C18H19NO2S2/c1-12-3-8-16(21-2)15(11-12)19-17(20)13-4-6-14(7-5-13)18-22-9-10-23-18/h3-8,11,18H,9-10H2,1-2H3,(H,19,20). The first kappa shape index (κ1) is 16.3. The van der Waals surface area contributed by atoms with E-state index in [1.807, 2.05) is 60.8 Å². The summed E-state index contributed by atoms with van der Waals surface area (Å²) in [7, 11) is 1.60. The molecule has 0 spiro atoms. The average molecular weight is 345 g/mol. The SMILES string of the molecule is COc1ccc(C)cc1NC(=O)c1ccc(C2SCCS2)cc1. The smallest absolute Gasteiger partial charge is 0.255 e. The van der Waals surface area contributed by atoms with Gasteiger partial charge in [-0.25, -0.2) is 0 Å². The molecule has 120 valence electrons. The lowest BCUT2D eigenvalue weighted by molar-refractivity contribution is 0.102. The van der Waals surface area contributed by atoms with E-state index >= 15 is 0 Å². The van der Waals surface area contributed by atoms with Crippen LogP contribution in [0.2, 0.25) is 0 Å². The van der Waals surface area contributed by atoms with E-state index in [1.54, 1.807) is 7.11 Å². The molecule has 0 bridgehead atoms. The maximum Gasteiger partial charge on any atom is 0.255 e. The number of anilines is 1. The number of carbonyl (C=O) groups is 1. The average Bonchev–Trinajstić information content (AvgIpc) is 3.10. The molecule has 1 aliphatic heterocycles. The lowest BCUT2D eigenvalue weighted by Gasteiger charge is -2.12. The maximum absolute atomic E-state index is 12.4. The van der Waals surface area contributed by atoms with Gasteiger partial charge in [0, 0.05) is 17.1 Å². The minimum Gasteiger partial charge on any atom is -0.495 e. The number of aryl methyl sites for hydroxylation is 1. The van der Waals surface area contributed by atoms with Gasteiger partial charge in [-0.1, -0.05) is 18.2 Å². The molecule has 0 atom stereocenters. The minimum absolute atomic E-state index is 0.118. The maximum atomic E-state index is 12.4. The number of methoxy groups -OCH3 is 1. The van der Waals surface area contributed by atoms with Gasteiger partial charge in [0.05, 0.1) is 17.4 Å². The molecule has 0 saturated carbocycles. The van der Waals surface area contributed by atoms with E-state index in [1.165, 1.54) is 17.1 Å². The fraction of sp³-hybridized carbons (Fsp3) is 0.278. The van der Waals surface area contributed by atoms with Crippen molar-refractivity contribution in [1.82, 2.24) is 0 Å². The van der Waals surface area contributed by atoms with Crippen LogP contribution in [-0.4, -0.2) is 24.5 Å². The van der Waals surface area contributed by atoms with Gasteiger partial charge in [0.2, 0.25) is 0 Å². The number of carbonyl (C=O) groups excluding carboxylic acids is 1. The molecule has 2 aromatic rings. The normalized spacial score (nSPS) is 14.7. The Morgan fingerprint density at radius 3 is 2.48 bits per heavy atom. The molecule has 0 unspecified atom stereocenters. The van der Waals surface area contributed by atoms with Gasteiger partial charge < -0.3 is 10.1 Å². The molecule has 1 fully saturated rings. The second kappa shape index (κ2) is 7.32. The van der Waals surface area contributed by atoms with Crippen LogP contribution >= 0.6 is 23.5 Å². The van der Waals surface area contributed by atoms with Crippen molar-refractivity contribution in [2.75, 3.05) is 23.9 Å². The predicted octanol–water partition coefficient (Wildman–Crippen LogP) is 4.73. The van der Waals surface area contributed by atoms with Crippen LogP contribution in [-0.2, 0) is 0 Å².